The van der Waals surface area contributed by atoms with Gasteiger partial charge in [-0.15, -0.1) is 0 Å². The number of pyridine rings is 1. The van der Waals surface area contributed by atoms with Gasteiger partial charge in [-0.05, 0) is 52.4 Å². The third-order valence-electron chi connectivity index (χ3n) is 2.51. The summed E-state index contributed by atoms with van der Waals surface area (Å²) in [4.78, 5) is 4.30. The summed E-state index contributed by atoms with van der Waals surface area (Å²) in [6.45, 7) is 1.04. The number of methoxy groups -OCH3 is 1. The summed E-state index contributed by atoms with van der Waals surface area (Å²) < 4.78 is 13.0. The Hall–Kier alpha value is -0.660. The van der Waals surface area contributed by atoms with Crippen molar-refractivity contribution in [3.63, 3.8) is 0 Å². The second kappa shape index (κ2) is 7.21. The van der Waals surface area contributed by atoms with E-state index >= 15 is 0 Å². The molecule has 0 N–H and O–H groups in total. The minimum Gasteiger partial charge on any atom is -0.481 e. The number of hydrogen-bond donors (Lipinski definition) is 0. The van der Waals surface area contributed by atoms with Crippen LogP contribution in [0.3, 0.4) is 0 Å². The van der Waals surface area contributed by atoms with E-state index < -0.39 is 0 Å². The summed E-state index contributed by atoms with van der Waals surface area (Å²) in [7, 11) is 1.61. The van der Waals surface area contributed by atoms with Gasteiger partial charge < -0.3 is 9.47 Å². The molecule has 0 aliphatic rings. The van der Waals surface area contributed by atoms with E-state index in [1.165, 1.54) is 3.57 Å². The third kappa shape index (κ3) is 4.43. The number of rotatable bonds is 5. The SMILES string of the molecule is COc1cccc(COCc2cc(Br)ccc2I)n1. The summed E-state index contributed by atoms with van der Waals surface area (Å²) in [5, 5.41) is 0. The lowest BCUT2D eigenvalue weighted by atomic mass is 10.2. The van der Waals surface area contributed by atoms with Crippen LogP contribution in [0, 0.1) is 3.57 Å². The monoisotopic (exact) mass is 433 g/mol. The van der Waals surface area contributed by atoms with Crippen LogP contribution in [0.4, 0.5) is 0 Å². The van der Waals surface area contributed by atoms with Gasteiger partial charge in [-0.3, -0.25) is 0 Å². The van der Waals surface area contributed by atoms with E-state index in [1.54, 1.807) is 7.11 Å². The highest BCUT2D eigenvalue weighted by Crippen LogP contribution is 2.19. The first-order valence-corrected chi connectivity index (χ1v) is 7.58. The molecule has 1 aromatic carbocycles. The number of aromatic nitrogens is 1. The van der Waals surface area contributed by atoms with Crippen LogP contribution in [-0.4, -0.2) is 12.1 Å². The van der Waals surface area contributed by atoms with Crippen LogP contribution in [-0.2, 0) is 18.0 Å². The smallest absolute Gasteiger partial charge is 0.213 e. The Morgan fingerprint density at radius 1 is 1.21 bits per heavy atom. The molecular weight excluding hydrogens is 421 g/mol. The van der Waals surface area contributed by atoms with Crippen molar-refractivity contribution in [2.75, 3.05) is 7.11 Å². The van der Waals surface area contributed by atoms with Gasteiger partial charge in [0.05, 0.1) is 26.0 Å². The van der Waals surface area contributed by atoms with Crippen molar-refractivity contribution in [1.82, 2.24) is 4.98 Å². The van der Waals surface area contributed by atoms with Gasteiger partial charge in [-0.1, -0.05) is 22.0 Å². The molecular formula is C14H13BrINO2. The predicted molar refractivity (Wildman–Crippen MR) is 86.1 cm³/mol. The molecule has 19 heavy (non-hydrogen) atoms. The number of hydrogen-bond acceptors (Lipinski definition) is 3. The normalized spacial score (nSPS) is 10.5. The maximum atomic E-state index is 5.70. The highest BCUT2D eigenvalue weighted by atomic mass is 127. The minimum atomic E-state index is 0.472. The van der Waals surface area contributed by atoms with Crippen molar-refractivity contribution in [3.05, 3.63) is 55.7 Å². The van der Waals surface area contributed by atoms with Gasteiger partial charge in [0, 0.05) is 14.1 Å². The van der Waals surface area contributed by atoms with Crippen LogP contribution < -0.4 is 4.74 Å². The molecule has 2 aromatic rings. The average molecular weight is 434 g/mol. The lowest BCUT2D eigenvalue weighted by Crippen LogP contribution is -1.99. The molecule has 3 nitrogen and oxygen atoms in total. The van der Waals surface area contributed by atoms with Gasteiger partial charge in [0.25, 0.3) is 0 Å². The Kier molecular flexibility index (Phi) is 5.59. The molecule has 100 valence electrons. The topological polar surface area (TPSA) is 31.4 Å². The number of halogens is 2. The molecule has 0 bridgehead atoms. The van der Waals surface area contributed by atoms with E-state index in [1.807, 2.05) is 24.3 Å². The molecule has 0 radical (unpaired) electrons. The average Bonchev–Trinajstić information content (AvgIpc) is 2.43. The lowest BCUT2D eigenvalue weighted by molar-refractivity contribution is 0.103. The Morgan fingerprint density at radius 2 is 2.05 bits per heavy atom. The maximum absolute atomic E-state index is 5.70. The summed E-state index contributed by atoms with van der Waals surface area (Å²) >= 11 is 5.77. The highest BCUT2D eigenvalue weighted by Gasteiger charge is 2.02. The number of ether oxygens (including phenoxy) is 2. The first-order chi connectivity index (χ1) is 9.19. The standard InChI is InChI=1S/C14H13BrINO2/c1-18-14-4-2-3-12(17-14)9-19-8-10-7-11(15)5-6-13(10)16/h2-7H,8-9H2,1H3. The molecule has 0 aliphatic carbocycles. The van der Waals surface area contributed by atoms with E-state index in [2.05, 4.69) is 55.6 Å². The first kappa shape index (κ1) is 14.7. The summed E-state index contributed by atoms with van der Waals surface area (Å²) in [6, 6.07) is 11.8. The van der Waals surface area contributed by atoms with E-state index in [0.29, 0.717) is 19.1 Å². The van der Waals surface area contributed by atoms with E-state index in [0.717, 1.165) is 15.7 Å². The van der Waals surface area contributed by atoms with Gasteiger partial charge in [0.1, 0.15) is 0 Å². The van der Waals surface area contributed by atoms with Gasteiger partial charge >= 0.3 is 0 Å². The number of benzene rings is 1. The van der Waals surface area contributed by atoms with Crippen LogP contribution in [0.5, 0.6) is 5.88 Å². The lowest BCUT2D eigenvalue weighted by Gasteiger charge is -2.07. The zero-order valence-electron chi connectivity index (χ0n) is 10.4. The molecule has 0 amide bonds. The summed E-state index contributed by atoms with van der Waals surface area (Å²) in [5.41, 5.74) is 2.03. The highest BCUT2D eigenvalue weighted by molar-refractivity contribution is 14.1. The summed E-state index contributed by atoms with van der Waals surface area (Å²) in [6.07, 6.45) is 0. The van der Waals surface area contributed by atoms with Crippen LogP contribution in [0.2, 0.25) is 0 Å². The third-order valence-corrected chi connectivity index (χ3v) is 4.05. The van der Waals surface area contributed by atoms with Gasteiger partial charge in [-0.2, -0.15) is 0 Å². The van der Waals surface area contributed by atoms with Gasteiger partial charge in [-0.25, -0.2) is 4.98 Å². The molecule has 5 heteroatoms. The van der Waals surface area contributed by atoms with Crippen molar-refractivity contribution in [2.45, 2.75) is 13.2 Å². The van der Waals surface area contributed by atoms with Crippen LogP contribution in [0.1, 0.15) is 11.3 Å². The van der Waals surface area contributed by atoms with Gasteiger partial charge in [0.2, 0.25) is 5.88 Å². The summed E-state index contributed by atoms with van der Waals surface area (Å²) in [5.74, 6) is 0.609. The van der Waals surface area contributed by atoms with Crippen molar-refractivity contribution >= 4 is 38.5 Å². The fraction of sp³-hybridized carbons (Fsp3) is 0.214. The van der Waals surface area contributed by atoms with Crippen molar-refractivity contribution in [2.24, 2.45) is 0 Å². The molecule has 2 rings (SSSR count). The maximum Gasteiger partial charge on any atom is 0.213 e. The van der Waals surface area contributed by atoms with Crippen LogP contribution in [0.25, 0.3) is 0 Å². The van der Waals surface area contributed by atoms with Crippen molar-refractivity contribution in [1.29, 1.82) is 0 Å². The molecule has 1 aromatic heterocycles. The molecule has 0 saturated heterocycles. The Bertz CT molecular complexity index is 563. The molecule has 0 fully saturated rings. The Morgan fingerprint density at radius 3 is 2.84 bits per heavy atom. The van der Waals surface area contributed by atoms with Crippen molar-refractivity contribution < 1.29 is 9.47 Å². The quantitative estimate of drug-likeness (QED) is 0.663. The zero-order valence-corrected chi connectivity index (χ0v) is 14.1. The van der Waals surface area contributed by atoms with E-state index in [4.69, 9.17) is 9.47 Å². The largest absolute Gasteiger partial charge is 0.481 e. The fourth-order valence-electron chi connectivity index (χ4n) is 1.57. The zero-order chi connectivity index (χ0) is 13.7. The van der Waals surface area contributed by atoms with E-state index in [9.17, 15) is 0 Å². The molecule has 0 spiro atoms. The first-order valence-electron chi connectivity index (χ1n) is 5.70. The molecule has 0 unspecified atom stereocenters. The Balaban J connectivity index is 1.94. The van der Waals surface area contributed by atoms with E-state index in [-0.39, 0.29) is 0 Å². The Labute approximate surface area is 134 Å². The van der Waals surface area contributed by atoms with Crippen LogP contribution >= 0.6 is 38.5 Å². The van der Waals surface area contributed by atoms with Gasteiger partial charge in [0.15, 0.2) is 0 Å². The molecule has 0 aliphatic heterocycles. The predicted octanol–water partition coefficient (Wildman–Crippen LogP) is 4.17. The molecule has 0 saturated carbocycles. The number of nitrogens with zero attached hydrogens (tertiary/aromatic N) is 1. The fourth-order valence-corrected chi connectivity index (χ4v) is 2.47. The molecule has 0 atom stereocenters. The van der Waals surface area contributed by atoms with Crippen LogP contribution in [0.15, 0.2) is 40.9 Å². The molecule has 1 heterocycles. The van der Waals surface area contributed by atoms with Crippen molar-refractivity contribution in [3.8, 4) is 5.88 Å². The minimum absolute atomic E-state index is 0.472. The second-order valence-corrected chi connectivity index (χ2v) is 5.98. The second-order valence-electron chi connectivity index (χ2n) is 3.90.